The Bertz CT molecular complexity index is 539. The van der Waals surface area contributed by atoms with Crippen molar-refractivity contribution in [2.24, 2.45) is 0 Å². The minimum absolute atomic E-state index is 0.0789. The van der Waals surface area contributed by atoms with Crippen LogP contribution in [0.2, 0.25) is 0 Å². The average molecular weight is 294 g/mol. The van der Waals surface area contributed by atoms with Gasteiger partial charge in [0.05, 0.1) is 18.7 Å². The average Bonchev–Trinajstić information content (AvgIpc) is 2.69. The van der Waals surface area contributed by atoms with Crippen molar-refractivity contribution in [3.63, 3.8) is 0 Å². The minimum Gasteiger partial charge on any atom is -0.507 e. The van der Waals surface area contributed by atoms with Gasteiger partial charge in [0.2, 0.25) is 0 Å². The van der Waals surface area contributed by atoms with Crippen molar-refractivity contribution in [3.05, 3.63) is 23.5 Å². The van der Waals surface area contributed by atoms with E-state index in [0.29, 0.717) is 17.7 Å². The molecule has 2 heterocycles. The number of ether oxygens (including phenoxy) is 1. The van der Waals surface area contributed by atoms with E-state index in [1.54, 1.807) is 40.0 Å². The Kier molecular flexibility index (Phi) is 4.09. The van der Waals surface area contributed by atoms with E-state index in [2.05, 4.69) is 4.98 Å². The van der Waals surface area contributed by atoms with Gasteiger partial charge < -0.3 is 14.9 Å². The van der Waals surface area contributed by atoms with Gasteiger partial charge in [-0.15, -0.1) is 0 Å². The second-order valence-corrected chi connectivity index (χ2v) is 6.42. The normalized spacial score (nSPS) is 22.4. The second-order valence-electron chi connectivity index (χ2n) is 6.42. The van der Waals surface area contributed by atoms with Crippen molar-refractivity contribution in [2.45, 2.75) is 51.9 Å². The Hall–Kier alpha value is -1.82. The summed E-state index contributed by atoms with van der Waals surface area (Å²) in [6.45, 7) is 7.33. The van der Waals surface area contributed by atoms with Gasteiger partial charge in [-0.05, 0) is 34.1 Å². The monoisotopic (exact) mass is 294 g/mol. The summed E-state index contributed by atoms with van der Waals surface area (Å²) in [6.07, 6.45) is 0.773. The summed E-state index contributed by atoms with van der Waals surface area (Å²) in [4.78, 5) is 17.9. The molecule has 2 atom stereocenters. The number of pyridine rings is 1. The van der Waals surface area contributed by atoms with E-state index >= 15 is 0 Å². The van der Waals surface area contributed by atoms with Gasteiger partial charge in [-0.2, -0.15) is 0 Å². The molecule has 0 spiro atoms. The van der Waals surface area contributed by atoms with Crippen LogP contribution < -0.4 is 0 Å². The lowest BCUT2D eigenvalue weighted by Gasteiger charge is -2.28. The van der Waals surface area contributed by atoms with Crippen LogP contribution in [0, 0.1) is 6.92 Å². The zero-order chi connectivity index (χ0) is 15.8. The summed E-state index contributed by atoms with van der Waals surface area (Å²) in [7, 11) is 0. The highest BCUT2D eigenvalue weighted by Crippen LogP contribution is 2.37. The number of carbonyl (C=O) groups excluding carboxylic acids is 1. The van der Waals surface area contributed by atoms with Crippen LogP contribution in [0.25, 0.3) is 0 Å². The van der Waals surface area contributed by atoms with Gasteiger partial charge in [-0.1, -0.05) is 0 Å². The van der Waals surface area contributed by atoms with E-state index in [1.165, 1.54) is 4.90 Å². The highest BCUT2D eigenvalue weighted by molar-refractivity contribution is 5.69. The molecule has 1 amide bonds. The molecule has 1 unspecified atom stereocenters. The molecule has 0 bridgehead atoms. The molecule has 1 fully saturated rings. The molecule has 116 valence electrons. The van der Waals surface area contributed by atoms with Crippen LogP contribution in [0.3, 0.4) is 0 Å². The maximum Gasteiger partial charge on any atom is 0.410 e. The molecule has 0 saturated carbocycles. The lowest BCUT2D eigenvalue weighted by molar-refractivity contribution is 0.0205. The third kappa shape index (κ3) is 3.64. The number of nitrogens with zero attached hydrogens (tertiary/aromatic N) is 2. The molecule has 2 rings (SSSR count). The summed E-state index contributed by atoms with van der Waals surface area (Å²) in [5.74, 6) is 0.0789. The Labute approximate surface area is 124 Å². The van der Waals surface area contributed by atoms with Crippen molar-refractivity contribution < 1.29 is 19.7 Å². The molecule has 2 N–H and O–H groups in total. The topological polar surface area (TPSA) is 82.9 Å². The maximum atomic E-state index is 12.3. The predicted molar refractivity (Wildman–Crippen MR) is 76.9 cm³/mol. The number of aryl methyl sites for hydroxylation is 1. The first-order valence-corrected chi connectivity index (χ1v) is 7.00. The predicted octanol–water partition coefficient (Wildman–Crippen LogP) is 2.14. The summed E-state index contributed by atoms with van der Waals surface area (Å²) >= 11 is 0. The number of aliphatic hydroxyl groups excluding tert-OH is 1. The van der Waals surface area contributed by atoms with Crippen LogP contribution in [0.1, 0.15) is 44.5 Å². The van der Waals surface area contributed by atoms with Crippen LogP contribution in [-0.2, 0) is 4.74 Å². The first kappa shape index (κ1) is 15.6. The zero-order valence-corrected chi connectivity index (χ0v) is 12.8. The van der Waals surface area contributed by atoms with E-state index in [9.17, 15) is 15.0 Å². The van der Waals surface area contributed by atoms with Crippen molar-refractivity contribution >= 4 is 6.09 Å². The van der Waals surface area contributed by atoms with E-state index in [4.69, 9.17) is 4.74 Å². The van der Waals surface area contributed by atoms with Crippen molar-refractivity contribution in [1.82, 2.24) is 9.88 Å². The molecule has 6 heteroatoms. The first-order valence-electron chi connectivity index (χ1n) is 7.00. The smallest absolute Gasteiger partial charge is 0.410 e. The number of carbonyl (C=O) groups is 1. The lowest BCUT2D eigenvalue weighted by Crippen LogP contribution is -2.37. The molecule has 1 aliphatic rings. The van der Waals surface area contributed by atoms with E-state index < -0.39 is 23.8 Å². The fourth-order valence-electron chi connectivity index (χ4n) is 2.44. The van der Waals surface area contributed by atoms with Gasteiger partial charge in [0.1, 0.15) is 11.4 Å². The number of hydrogen-bond donors (Lipinski definition) is 2. The summed E-state index contributed by atoms with van der Waals surface area (Å²) in [6, 6.07) is 1.12. The third-order valence-corrected chi connectivity index (χ3v) is 3.31. The fourth-order valence-corrected chi connectivity index (χ4v) is 2.44. The van der Waals surface area contributed by atoms with Gasteiger partial charge in [-0.25, -0.2) is 4.79 Å². The Morgan fingerprint density at radius 1 is 1.48 bits per heavy atom. The number of likely N-dealkylation sites (tertiary alicyclic amines) is 1. The van der Waals surface area contributed by atoms with Crippen molar-refractivity contribution in [1.29, 1.82) is 0 Å². The van der Waals surface area contributed by atoms with Crippen LogP contribution in [0.15, 0.2) is 12.3 Å². The van der Waals surface area contributed by atoms with Crippen LogP contribution in [-0.4, -0.2) is 44.4 Å². The van der Waals surface area contributed by atoms with Crippen molar-refractivity contribution in [2.75, 3.05) is 6.54 Å². The summed E-state index contributed by atoms with van der Waals surface area (Å²) < 4.78 is 5.36. The first-order chi connectivity index (χ1) is 9.67. The number of aromatic nitrogens is 1. The summed E-state index contributed by atoms with van der Waals surface area (Å²) in [5.41, 5.74) is 0.615. The van der Waals surface area contributed by atoms with Gasteiger partial charge in [0.25, 0.3) is 0 Å². The highest BCUT2D eigenvalue weighted by atomic mass is 16.6. The number of amides is 1. The fraction of sp³-hybridized carbons (Fsp3) is 0.600. The molecule has 1 saturated heterocycles. The van der Waals surface area contributed by atoms with Crippen LogP contribution in [0.5, 0.6) is 5.75 Å². The number of aliphatic hydroxyl groups is 1. The Balaban J connectivity index is 2.26. The van der Waals surface area contributed by atoms with E-state index in [-0.39, 0.29) is 12.3 Å². The van der Waals surface area contributed by atoms with Gasteiger partial charge in [0, 0.05) is 23.5 Å². The molecule has 1 aliphatic heterocycles. The molecule has 1 aromatic rings. The highest BCUT2D eigenvalue weighted by Gasteiger charge is 2.38. The molecule has 6 nitrogen and oxygen atoms in total. The van der Waals surface area contributed by atoms with Crippen LogP contribution >= 0.6 is 0 Å². The van der Waals surface area contributed by atoms with Gasteiger partial charge >= 0.3 is 6.09 Å². The standard InChI is InChI=1S/C15H22N2O4/c1-9-5-13(19)11(7-16-9)12-6-10(18)8-17(12)14(20)21-15(2,3)4/h5,7,10,12,18H,6,8H2,1-4H3,(H,16,19)/t10-,12?/m1/s1. The molecular formula is C15H22N2O4. The van der Waals surface area contributed by atoms with E-state index in [1.807, 2.05) is 0 Å². The van der Waals surface area contributed by atoms with Gasteiger partial charge in [0.15, 0.2) is 0 Å². The third-order valence-electron chi connectivity index (χ3n) is 3.31. The quantitative estimate of drug-likeness (QED) is 0.829. The number of β-amino-alcohol motifs (C(OH)–C–C–N with tert-alkyl or cyclic N) is 1. The molecular weight excluding hydrogens is 272 g/mol. The largest absolute Gasteiger partial charge is 0.507 e. The maximum absolute atomic E-state index is 12.3. The Morgan fingerprint density at radius 2 is 2.14 bits per heavy atom. The van der Waals surface area contributed by atoms with Crippen LogP contribution in [0.4, 0.5) is 4.79 Å². The van der Waals surface area contributed by atoms with E-state index in [0.717, 1.165) is 0 Å². The molecule has 1 aromatic heterocycles. The molecule has 0 radical (unpaired) electrons. The van der Waals surface area contributed by atoms with Crippen molar-refractivity contribution in [3.8, 4) is 5.75 Å². The lowest BCUT2D eigenvalue weighted by atomic mass is 10.0. The summed E-state index contributed by atoms with van der Waals surface area (Å²) in [5, 5.41) is 19.9. The second kappa shape index (κ2) is 5.52. The zero-order valence-electron chi connectivity index (χ0n) is 12.8. The Morgan fingerprint density at radius 3 is 2.71 bits per heavy atom. The molecule has 21 heavy (non-hydrogen) atoms. The number of rotatable bonds is 1. The number of hydrogen-bond acceptors (Lipinski definition) is 5. The molecule has 0 aliphatic carbocycles. The molecule has 0 aromatic carbocycles. The SMILES string of the molecule is Cc1cc(O)c(C2C[C@@H](O)CN2C(=O)OC(C)(C)C)cn1. The van der Waals surface area contributed by atoms with Gasteiger partial charge in [-0.3, -0.25) is 9.88 Å². The minimum atomic E-state index is -0.636. The number of aromatic hydroxyl groups is 1.